The molecule has 0 radical (unpaired) electrons. The van der Waals surface area contributed by atoms with Crippen LogP contribution >= 0.6 is 11.6 Å². The Balaban J connectivity index is 1.81. The average molecular weight is 358 g/mol. The summed E-state index contributed by atoms with van der Waals surface area (Å²) in [5.74, 6) is -0.866. The molecule has 0 aliphatic carbocycles. The highest BCUT2D eigenvalue weighted by Gasteiger charge is 2.16. The van der Waals surface area contributed by atoms with E-state index in [1.165, 1.54) is 18.2 Å². The number of hydrogen-bond donors (Lipinski definition) is 1. The molecule has 0 aliphatic rings. The van der Waals surface area contributed by atoms with Crippen LogP contribution in [-0.4, -0.2) is 15.7 Å². The second-order valence-corrected chi connectivity index (χ2v) is 6.18. The Morgan fingerprint density at radius 1 is 1.20 bits per heavy atom. The summed E-state index contributed by atoms with van der Waals surface area (Å²) in [7, 11) is 0. The largest absolute Gasteiger partial charge is 0.323 e. The van der Waals surface area contributed by atoms with Gasteiger partial charge in [-0.05, 0) is 44.2 Å². The molecule has 0 bridgehead atoms. The van der Waals surface area contributed by atoms with Crippen LogP contribution in [0.2, 0.25) is 5.02 Å². The van der Waals surface area contributed by atoms with Crippen molar-refractivity contribution in [2.45, 2.75) is 20.3 Å². The third-order valence-electron chi connectivity index (χ3n) is 3.98. The lowest BCUT2D eigenvalue weighted by atomic mass is 10.1. The van der Waals surface area contributed by atoms with E-state index in [-0.39, 0.29) is 23.0 Å². The zero-order chi connectivity index (χ0) is 18.0. The van der Waals surface area contributed by atoms with Gasteiger partial charge in [0.15, 0.2) is 0 Å². The highest BCUT2D eigenvalue weighted by Crippen LogP contribution is 2.21. The summed E-state index contributed by atoms with van der Waals surface area (Å²) in [5, 5.41) is 7.38. The Bertz CT molecular complexity index is 922. The first-order chi connectivity index (χ1) is 12.0. The van der Waals surface area contributed by atoms with Crippen molar-refractivity contribution >= 4 is 23.2 Å². The van der Waals surface area contributed by atoms with Gasteiger partial charge in [-0.3, -0.25) is 4.79 Å². The number of carbonyl (C=O) groups excluding carboxylic acids is 1. The molecule has 128 valence electrons. The number of para-hydroxylation sites is 1. The van der Waals surface area contributed by atoms with Crippen molar-refractivity contribution in [2.75, 3.05) is 5.32 Å². The highest BCUT2D eigenvalue weighted by atomic mass is 35.5. The molecular weight excluding hydrogens is 341 g/mol. The van der Waals surface area contributed by atoms with Gasteiger partial charge in [-0.25, -0.2) is 9.07 Å². The van der Waals surface area contributed by atoms with Crippen molar-refractivity contribution in [3.63, 3.8) is 0 Å². The van der Waals surface area contributed by atoms with Crippen molar-refractivity contribution in [3.8, 4) is 5.69 Å². The van der Waals surface area contributed by atoms with Gasteiger partial charge in [-0.1, -0.05) is 29.8 Å². The van der Waals surface area contributed by atoms with Crippen LogP contribution in [0.15, 0.2) is 48.5 Å². The Morgan fingerprint density at radius 3 is 2.60 bits per heavy atom. The number of anilines is 1. The lowest BCUT2D eigenvalue weighted by molar-refractivity contribution is -0.115. The van der Waals surface area contributed by atoms with Gasteiger partial charge < -0.3 is 5.32 Å². The summed E-state index contributed by atoms with van der Waals surface area (Å²) in [5.41, 5.74) is 3.53. The average Bonchev–Trinajstić information content (AvgIpc) is 2.86. The maximum atomic E-state index is 13.8. The number of aromatic nitrogens is 2. The van der Waals surface area contributed by atoms with E-state index in [4.69, 9.17) is 11.6 Å². The maximum absolute atomic E-state index is 13.8. The predicted octanol–water partition coefficient (Wildman–Crippen LogP) is 4.46. The summed E-state index contributed by atoms with van der Waals surface area (Å²) < 4.78 is 15.6. The summed E-state index contributed by atoms with van der Waals surface area (Å²) in [6.45, 7) is 3.77. The smallest absolute Gasteiger partial charge is 0.229 e. The second kappa shape index (κ2) is 7.07. The minimum Gasteiger partial charge on any atom is -0.323 e. The summed E-state index contributed by atoms with van der Waals surface area (Å²) in [6.07, 6.45) is 0.118. The summed E-state index contributed by atoms with van der Waals surface area (Å²) in [4.78, 5) is 12.3. The number of aryl methyl sites for hydroxylation is 1. The quantitative estimate of drug-likeness (QED) is 0.749. The number of amides is 1. The fourth-order valence-corrected chi connectivity index (χ4v) is 2.86. The van der Waals surface area contributed by atoms with Gasteiger partial charge in [0, 0.05) is 16.3 Å². The number of nitrogens with zero attached hydrogens (tertiary/aromatic N) is 2. The van der Waals surface area contributed by atoms with Crippen LogP contribution in [0.5, 0.6) is 0 Å². The summed E-state index contributed by atoms with van der Waals surface area (Å²) >= 11 is 5.72. The first kappa shape index (κ1) is 17.2. The molecule has 3 rings (SSSR count). The van der Waals surface area contributed by atoms with Crippen LogP contribution in [0.25, 0.3) is 5.69 Å². The lowest BCUT2D eigenvalue weighted by Crippen LogP contribution is -2.16. The van der Waals surface area contributed by atoms with E-state index >= 15 is 0 Å². The maximum Gasteiger partial charge on any atom is 0.229 e. The number of rotatable bonds is 4. The fraction of sp³-hybridized carbons (Fsp3) is 0.158. The van der Waals surface area contributed by atoms with Crippen LogP contribution < -0.4 is 5.32 Å². The van der Waals surface area contributed by atoms with E-state index < -0.39 is 5.82 Å². The van der Waals surface area contributed by atoms with E-state index in [0.717, 1.165) is 22.6 Å². The van der Waals surface area contributed by atoms with Crippen LogP contribution in [0.1, 0.15) is 17.0 Å². The van der Waals surface area contributed by atoms with E-state index in [0.29, 0.717) is 0 Å². The van der Waals surface area contributed by atoms with Crippen LogP contribution in [-0.2, 0) is 11.2 Å². The molecule has 0 saturated heterocycles. The SMILES string of the molecule is Cc1nn(-c2ccccc2)c(C)c1CC(=O)Nc1ccc(Cl)cc1F. The number of nitrogens with one attached hydrogen (secondary N) is 1. The molecule has 0 saturated carbocycles. The number of hydrogen-bond acceptors (Lipinski definition) is 2. The van der Waals surface area contributed by atoms with Gasteiger partial charge >= 0.3 is 0 Å². The third kappa shape index (κ3) is 3.72. The minimum atomic E-state index is -0.561. The Hall–Kier alpha value is -2.66. The molecule has 1 amide bonds. The Morgan fingerprint density at radius 2 is 1.92 bits per heavy atom. The fourth-order valence-electron chi connectivity index (χ4n) is 2.70. The summed E-state index contributed by atoms with van der Waals surface area (Å²) in [6, 6.07) is 13.8. The van der Waals surface area contributed by atoms with Gasteiger partial charge in [-0.2, -0.15) is 5.10 Å². The molecule has 0 spiro atoms. The second-order valence-electron chi connectivity index (χ2n) is 5.75. The van der Waals surface area contributed by atoms with Gasteiger partial charge in [0.05, 0.1) is 23.5 Å². The Kier molecular flexibility index (Phi) is 4.86. The molecule has 25 heavy (non-hydrogen) atoms. The standard InChI is InChI=1S/C19H17ClFN3O/c1-12-16(13(2)24(23-12)15-6-4-3-5-7-15)11-19(25)22-18-9-8-14(20)10-17(18)21/h3-10H,11H2,1-2H3,(H,22,25). The number of carbonyl (C=O) groups is 1. The zero-order valence-corrected chi connectivity index (χ0v) is 14.6. The molecule has 3 aromatic rings. The van der Waals surface area contributed by atoms with Crippen molar-refractivity contribution in [1.82, 2.24) is 9.78 Å². The molecular formula is C19H17ClFN3O. The molecule has 6 heteroatoms. The molecule has 2 aromatic carbocycles. The highest BCUT2D eigenvalue weighted by molar-refractivity contribution is 6.30. The van der Waals surface area contributed by atoms with Gasteiger partial charge in [-0.15, -0.1) is 0 Å². The zero-order valence-electron chi connectivity index (χ0n) is 13.9. The van der Waals surface area contributed by atoms with Crippen LogP contribution in [0.4, 0.5) is 10.1 Å². The van der Waals surface area contributed by atoms with Crippen LogP contribution in [0, 0.1) is 19.7 Å². The van der Waals surface area contributed by atoms with Crippen molar-refractivity contribution < 1.29 is 9.18 Å². The molecule has 0 unspecified atom stereocenters. The first-order valence-corrected chi connectivity index (χ1v) is 8.19. The monoisotopic (exact) mass is 357 g/mol. The molecule has 1 heterocycles. The van der Waals surface area contributed by atoms with E-state index in [9.17, 15) is 9.18 Å². The molecule has 0 aliphatic heterocycles. The first-order valence-electron chi connectivity index (χ1n) is 7.81. The predicted molar refractivity (Wildman–Crippen MR) is 96.8 cm³/mol. The van der Waals surface area contributed by atoms with E-state index in [1.807, 2.05) is 44.2 Å². The van der Waals surface area contributed by atoms with Crippen molar-refractivity contribution in [3.05, 3.63) is 76.3 Å². The van der Waals surface area contributed by atoms with Gasteiger partial charge in [0.25, 0.3) is 0 Å². The van der Waals surface area contributed by atoms with Gasteiger partial charge in [0.2, 0.25) is 5.91 Å². The lowest BCUT2D eigenvalue weighted by Gasteiger charge is -2.08. The Labute approximate surface area is 150 Å². The molecule has 1 N–H and O–H groups in total. The molecule has 1 aromatic heterocycles. The minimum absolute atomic E-state index is 0.111. The molecule has 0 atom stereocenters. The van der Waals surface area contributed by atoms with Crippen molar-refractivity contribution in [2.24, 2.45) is 0 Å². The van der Waals surface area contributed by atoms with E-state index in [2.05, 4.69) is 10.4 Å². The van der Waals surface area contributed by atoms with Crippen LogP contribution in [0.3, 0.4) is 0 Å². The number of halogens is 2. The van der Waals surface area contributed by atoms with Gasteiger partial charge in [0.1, 0.15) is 5.82 Å². The van der Waals surface area contributed by atoms with Crippen molar-refractivity contribution in [1.29, 1.82) is 0 Å². The number of benzene rings is 2. The molecule has 0 fully saturated rings. The topological polar surface area (TPSA) is 46.9 Å². The normalized spacial score (nSPS) is 10.7. The molecule has 4 nitrogen and oxygen atoms in total. The van der Waals surface area contributed by atoms with E-state index in [1.54, 1.807) is 4.68 Å². The third-order valence-corrected chi connectivity index (χ3v) is 4.22.